The van der Waals surface area contributed by atoms with Gasteiger partial charge in [-0.05, 0) is 48.8 Å². The van der Waals surface area contributed by atoms with Gasteiger partial charge in [0.15, 0.2) is 11.6 Å². The summed E-state index contributed by atoms with van der Waals surface area (Å²) in [5.41, 5.74) is 0.190. The second-order valence-corrected chi connectivity index (χ2v) is 5.95. The molecule has 0 radical (unpaired) electrons. The molecule has 2 bridgehead atoms. The quantitative estimate of drug-likeness (QED) is 0.860. The van der Waals surface area contributed by atoms with Crippen molar-refractivity contribution in [1.29, 1.82) is 0 Å². The lowest BCUT2D eigenvalue weighted by molar-refractivity contribution is -0.110. The van der Waals surface area contributed by atoms with E-state index in [1.54, 1.807) is 0 Å². The van der Waals surface area contributed by atoms with Crippen LogP contribution in [-0.4, -0.2) is 18.2 Å². The number of fused-ring (bicyclic) bond motifs is 1. The molecule has 3 saturated carbocycles. The van der Waals surface area contributed by atoms with Crippen LogP contribution in [0.3, 0.4) is 0 Å². The third-order valence-electron chi connectivity index (χ3n) is 4.63. The molecule has 0 heterocycles. The van der Waals surface area contributed by atoms with Crippen LogP contribution >= 0.6 is 0 Å². The second kappa shape index (κ2) is 4.65. The maximum absolute atomic E-state index is 13.1. The van der Waals surface area contributed by atoms with Gasteiger partial charge in [0.1, 0.15) is 6.29 Å². The lowest BCUT2D eigenvalue weighted by Gasteiger charge is -2.36. The summed E-state index contributed by atoms with van der Waals surface area (Å²) in [6.07, 6.45) is 4.21. The number of carbonyl (C=O) groups excluding carboxylic acids is 2. The van der Waals surface area contributed by atoms with E-state index in [0.29, 0.717) is 12.3 Å². The van der Waals surface area contributed by atoms with Gasteiger partial charge >= 0.3 is 0 Å². The van der Waals surface area contributed by atoms with Crippen molar-refractivity contribution in [3.05, 3.63) is 35.4 Å². The van der Waals surface area contributed by atoms with Crippen LogP contribution in [0.15, 0.2) is 18.2 Å². The van der Waals surface area contributed by atoms with Crippen molar-refractivity contribution in [2.24, 2.45) is 11.3 Å². The Morgan fingerprint density at radius 3 is 2.70 bits per heavy atom. The number of halogens is 2. The van der Waals surface area contributed by atoms with Crippen LogP contribution in [0.25, 0.3) is 0 Å². The fourth-order valence-corrected chi connectivity index (χ4v) is 3.62. The number of carbonyl (C=O) groups is 2. The minimum atomic E-state index is -1.02. The highest BCUT2D eigenvalue weighted by Crippen LogP contribution is 2.60. The van der Waals surface area contributed by atoms with Gasteiger partial charge in [0.05, 0.1) is 0 Å². The van der Waals surface area contributed by atoms with Crippen LogP contribution in [-0.2, 0) is 4.79 Å². The van der Waals surface area contributed by atoms with Gasteiger partial charge in [-0.2, -0.15) is 0 Å². The smallest absolute Gasteiger partial charge is 0.251 e. The van der Waals surface area contributed by atoms with Crippen molar-refractivity contribution < 1.29 is 18.4 Å². The van der Waals surface area contributed by atoms with Crippen LogP contribution in [0.1, 0.15) is 36.0 Å². The van der Waals surface area contributed by atoms with Crippen molar-refractivity contribution in [3.63, 3.8) is 0 Å². The summed E-state index contributed by atoms with van der Waals surface area (Å²) < 4.78 is 25.9. The Balaban J connectivity index is 1.66. The van der Waals surface area contributed by atoms with E-state index >= 15 is 0 Å². The maximum atomic E-state index is 13.1. The molecule has 5 heteroatoms. The average Bonchev–Trinajstić information content (AvgIpc) is 2.86. The number of benzene rings is 1. The highest BCUT2D eigenvalue weighted by molar-refractivity contribution is 5.94. The normalized spacial score (nSPS) is 30.7. The highest BCUT2D eigenvalue weighted by Gasteiger charge is 2.55. The number of rotatable bonds is 4. The predicted octanol–water partition coefficient (Wildman–Crippen LogP) is 2.45. The summed E-state index contributed by atoms with van der Waals surface area (Å²) >= 11 is 0. The number of hydrogen-bond donors (Lipinski definition) is 1. The Morgan fingerprint density at radius 1 is 1.30 bits per heavy atom. The van der Waals surface area contributed by atoms with E-state index in [0.717, 1.165) is 37.7 Å². The zero-order valence-corrected chi connectivity index (χ0v) is 10.9. The molecule has 106 valence electrons. The molecular formula is C15H15F2NO2. The van der Waals surface area contributed by atoms with Crippen LogP contribution in [0.2, 0.25) is 0 Å². The fraction of sp³-hybridized carbons (Fsp3) is 0.467. The fourth-order valence-electron chi connectivity index (χ4n) is 3.62. The minimum absolute atomic E-state index is 0.0376. The standard InChI is InChI=1S/C15H15F2NO2/c16-11-2-1-9(5-12(11)17)14(20)18-13-8-15(3-4-19)6-10(13)7-15/h1-2,4-5,10,13H,3,6-8H2,(H,18,20)/t10?,13-,15?/m0/s1. The number of nitrogens with one attached hydrogen (secondary N) is 1. The van der Waals surface area contributed by atoms with Crippen molar-refractivity contribution in [3.8, 4) is 0 Å². The molecule has 1 aromatic rings. The molecule has 0 aliphatic heterocycles. The third kappa shape index (κ3) is 2.11. The zero-order valence-electron chi connectivity index (χ0n) is 10.9. The van der Waals surface area contributed by atoms with E-state index in [4.69, 9.17) is 0 Å². The SMILES string of the molecule is O=CCC12CC(C1)[C@@H](NC(=O)c1ccc(F)c(F)c1)C2. The van der Waals surface area contributed by atoms with E-state index in [1.807, 2.05) is 0 Å². The molecule has 0 unspecified atom stereocenters. The molecule has 1 N–H and O–H groups in total. The van der Waals surface area contributed by atoms with Gasteiger partial charge in [0.25, 0.3) is 5.91 Å². The first-order chi connectivity index (χ1) is 9.53. The average molecular weight is 279 g/mol. The Labute approximate surface area is 115 Å². The molecule has 3 fully saturated rings. The van der Waals surface area contributed by atoms with Crippen LogP contribution < -0.4 is 5.32 Å². The largest absolute Gasteiger partial charge is 0.349 e. The Bertz CT molecular complexity index is 567. The maximum Gasteiger partial charge on any atom is 0.251 e. The van der Waals surface area contributed by atoms with Crippen LogP contribution in [0.4, 0.5) is 8.78 Å². The first-order valence-corrected chi connectivity index (χ1v) is 6.73. The number of hydrogen-bond acceptors (Lipinski definition) is 2. The Kier molecular flexibility index (Phi) is 3.07. The van der Waals surface area contributed by atoms with Gasteiger partial charge in [-0.15, -0.1) is 0 Å². The summed E-state index contributed by atoms with van der Waals surface area (Å²) in [6, 6.07) is 3.17. The van der Waals surface area contributed by atoms with Crippen LogP contribution in [0.5, 0.6) is 0 Å². The molecule has 1 aromatic carbocycles. The molecule has 4 rings (SSSR count). The Morgan fingerprint density at radius 2 is 2.05 bits per heavy atom. The van der Waals surface area contributed by atoms with Gasteiger partial charge in [0, 0.05) is 18.0 Å². The second-order valence-electron chi connectivity index (χ2n) is 5.95. The lowest BCUT2D eigenvalue weighted by atomic mass is 9.68. The molecule has 3 aliphatic carbocycles. The first kappa shape index (κ1) is 13.2. The molecule has 1 atom stereocenters. The van der Waals surface area contributed by atoms with E-state index in [9.17, 15) is 18.4 Å². The molecule has 1 amide bonds. The molecule has 0 saturated heterocycles. The van der Waals surface area contributed by atoms with Crippen molar-refractivity contribution in [2.75, 3.05) is 0 Å². The van der Waals surface area contributed by atoms with Gasteiger partial charge in [-0.1, -0.05) is 0 Å². The van der Waals surface area contributed by atoms with E-state index < -0.39 is 11.6 Å². The summed E-state index contributed by atoms with van der Waals surface area (Å²) in [5.74, 6) is -1.97. The summed E-state index contributed by atoms with van der Waals surface area (Å²) in [4.78, 5) is 22.7. The molecule has 3 nitrogen and oxygen atoms in total. The highest BCUT2D eigenvalue weighted by atomic mass is 19.2. The topological polar surface area (TPSA) is 46.2 Å². The number of amides is 1. The lowest BCUT2D eigenvalue weighted by Crippen LogP contribution is -2.37. The Hall–Kier alpha value is -1.78. The summed E-state index contributed by atoms with van der Waals surface area (Å²) in [6.45, 7) is 0. The minimum Gasteiger partial charge on any atom is -0.349 e. The molecule has 0 aromatic heterocycles. The molecule has 0 spiro atoms. The summed E-state index contributed by atoms with van der Waals surface area (Å²) in [7, 11) is 0. The van der Waals surface area contributed by atoms with Crippen molar-refractivity contribution >= 4 is 12.2 Å². The van der Waals surface area contributed by atoms with Gasteiger partial charge in [-0.3, -0.25) is 4.79 Å². The summed E-state index contributed by atoms with van der Waals surface area (Å²) in [5, 5.41) is 2.87. The molecule has 3 aliphatic rings. The molecule has 20 heavy (non-hydrogen) atoms. The predicted molar refractivity (Wildman–Crippen MR) is 68.1 cm³/mol. The van der Waals surface area contributed by atoms with Gasteiger partial charge in [-0.25, -0.2) is 8.78 Å². The van der Waals surface area contributed by atoms with Crippen LogP contribution in [0, 0.1) is 23.0 Å². The van der Waals surface area contributed by atoms with Crippen molar-refractivity contribution in [2.45, 2.75) is 31.7 Å². The van der Waals surface area contributed by atoms with E-state index in [-0.39, 0.29) is 22.9 Å². The van der Waals surface area contributed by atoms with Gasteiger partial charge in [0.2, 0.25) is 0 Å². The van der Waals surface area contributed by atoms with E-state index in [1.165, 1.54) is 6.07 Å². The van der Waals surface area contributed by atoms with Crippen molar-refractivity contribution in [1.82, 2.24) is 5.32 Å². The molecular weight excluding hydrogens is 264 g/mol. The first-order valence-electron chi connectivity index (χ1n) is 6.73. The van der Waals surface area contributed by atoms with E-state index in [2.05, 4.69) is 5.32 Å². The monoisotopic (exact) mass is 279 g/mol. The zero-order chi connectivity index (χ0) is 14.3. The van der Waals surface area contributed by atoms with Gasteiger partial charge < -0.3 is 10.1 Å². The third-order valence-corrected chi connectivity index (χ3v) is 4.63. The number of aldehydes is 1.